The lowest BCUT2D eigenvalue weighted by Crippen LogP contribution is -2.28. The van der Waals surface area contributed by atoms with E-state index in [9.17, 15) is 9.59 Å². The van der Waals surface area contributed by atoms with Gasteiger partial charge in [0.25, 0.3) is 0 Å². The van der Waals surface area contributed by atoms with Crippen LogP contribution in [0.2, 0.25) is 0 Å². The van der Waals surface area contributed by atoms with Crippen molar-refractivity contribution in [3.05, 3.63) is 34.9 Å². The predicted octanol–water partition coefficient (Wildman–Crippen LogP) is 1.78. The summed E-state index contributed by atoms with van der Waals surface area (Å²) in [5.74, 6) is -1.45. The first kappa shape index (κ1) is 13.6. The highest BCUT2D eigenvalue weighted by Gasteiger charge is 2.33. The summed E-state index contributed by atoms with van der Waals surface area (Å²) in [7, 11) is 0. The van der Waals surface area contributed by atoms with Crippen molar-refractivity contribution >= 4 is 11.9 Å². The van der Waals surface area contributed by atoms with Crippen LogP contribution in [-0.2, 0) is 16.0 Å². The van der Waals surface area contributed by atoms with Crippen molar-refractivity contribution in [3.63, 3.8) is 0 Å². The number of amides is 1. The third-order valence-corrected chi connectivity index (χ3v) is 3.72. The maximum atomic E-state index is 11.7. The summed E-state index contributed by atoms with van der Waals surface area (Å²) in [5.41, 5.74) is 3.65. The van der Waals surface area contributed by atoms with Crippen LogP contribution in [0.15, 0.2) is 18.2 Å². The number of nitrogens with zero attached hydrogens (tertiary/aromatic N) is 1. The van der Waals surface area contributed by atoms with E-state index in [1.165, 1.54) is 16.7 Å². The van der Waals surface area contributed by atoms with Crippen molar-refractivity contribution in [2.24, 2.45) is 5.92 Å². The Balaban J connectivity index is 1.97. The summed E-state index contributed by atoms with van der Waals surface area (Å²) in [6.45, 7) is 5.05. The minimum atomic E-state index is -0.873. The number of carbonyl (C=O) groups is 2. The average Bonchev–Trinajstić information content (AvgIpc) is 2.72. The first-order chi connectivity index (χ1) is 8.97. The van der Waals surface area contributed by atoms with Gasteiger partial charge in [-0.3, -0.25) is 9.59 Å². The molecule has 1 heterocycles. The van der Waals surface area contributed by atoms with Gasteiger partial charge < -0.3 is 10.0 Å². The van der Waals surface area contributed by atoms with Crippen molar-refractivity contribution < 1.29 is 14.7 Å². The fourth-order valence-electron chi connectivity index (χ4n) is 2.48. The molecule has 1 aromatic rings. The van der Waals surface area contributed by atoms with Crippen LogP contribution < -0.4 is 0 Å². The van der Waals surface area contributed by atoms with Gasteiger partial charge in [0.15, 0.2) is 0 Å². The Morgan fingerprint density at radius 1 is 1.42 bits per heavy atom. The molecule has 0 unspecified atom stereocenters. The quantitative estimate of drug-likeness (QED) is 0.898. The molecule has 0 aromatic heterocycles. The standard InChI is InChI=1S/C15H19NO3/c1-10-3-4-11(2)12(7-10)5-6-16-9-13(15(18)19)8-14(16)17/h3-4,7,13H,5-6,8-9H2,1-2H3,(H,18,19)/t13-/m1/s1. The number of likely N-dealkylation sites (tertiary alicyclic amines) is 1. The third kappa shape index (κ3) is 3.13. The van der Waals surface area contributed by atoms with E-state index in [0.29, 0.717) is 13.1 Å². The van der Waals surface area contributed by atoms with E-state index in [1.54, 1.807) is 4.90 Å². The van der Waals surface area contributed by atoms with Gasteiger partial charge in [0.1, 0.15) is 0 Å². The lowest BCUT2D eigenvalue weighted by molar-refractivity contribution is -0.141. The van der Waals surface area contributed by atoms with Crippen molar-refractivity contribution in [2.45, 2.75) is 26.7 Å². The van der Waals surface area contributed by atoms with Crippen molar-refractivity contribution in [1.29, 1.82) is 0 Å². The van der Waals surface area contributed by atoms with Crippen LogP contribution in [0.4, 0.5) is 0 Å². The zero-order chi connectivity index (χ0) is 14.0. The molecule has 1 atom stereocenters. The van der Waals surface area contributed by atoms with E-state index in [4.69, 9.17) is 5.11 Å². The number of aliphatic carboxylic acids is 1. The molecule has 1 aliphatic heterocycles. The van der Waals surface area contributed by atoms with E-state index in [0.717, 1.165) is 6.42 Å². The number of hydrogen-bond donors (Lipinski definition) is 1. The molecule has 102 valence electrons. The summed E-state index contributed by atoms with van der Waals surface area (Å²) in [5, 5.41) is 8.94. The molecular formula is C15H19NO3. The molecule has 1 amide bonds. The number of benzene rings is 1. The van der Waals surface area contributed by atoms with Crippen LogP contribution in [0.3, 0.4) is 0 Å². The van der Waals surface area contributed by atoms with E-state index in [2.05, 4.69) is 25.1 Å². The van der Waals surface area contributed by atoms with Gasteiger partial charge in [-0.05, 0) is 31.4 Å². The van der Waals surface area contributed by atoms with E-state index in [-0.39, 0.29) is 12.3 Å². The largest absolute Gasteiger partial charge is 0.481 e. The topological polar surface area (TPSA) is 57.6 Å². The summed E-state index contributed by atoms with van der Waals surface area (Å²) in [4.78, 5) is 24.3. The van der Waals surface area contributed by atoms with Crippen LogP contribution >= 0.6 is 0 Å². The highest BCUT2D eigenvalue weighted by molar-refractivity contribution is 5.86. The molecule has 4 nitrogen and oxygen atoms in total. The lowest BCUT2D eigenvalue weighted by atomic mass is 10.0. The Morgan fingerprint density at radius 3 is 2.79 bits per heavy atom. The minimum Gasteiger partial charge on any atom is -0.481 e. The molecule has 0 aliphatic carbocycles. The van der Waals surface area contributed by atoms with Gasteiger partial charge in [-0.15, -0.1) is 0 Å². The number of carbonyl (C=O) groups excluding carboxylic acids is 1. The average molecular weight is 261 g/mol. The van der Waals surface area contributed by atoms with Gasteiger partial charge in [-0.2, -0.15) is 0 Å². The fraction of sp³-hybridized carbons (Fsp3) is 0.467. The first-order valence-electron chi connectivity index (χ1n) is 6.54. The van der Waals surface area contributed by atoms with Crippen molar-refractivity contribution in [3.8, 4) is 0 Å². The molecule has 1 saturated heterocycles. The summed E-state index contributed by atoms with van der Waals surface area (Å²) in [6, 6.07) is 6.28. The second-order valence-electron chi connectivity index (χ2n) is 5.26. The SMILES string of the molecule is Cc1ccc(C)c(CCN2C[C@H](C(=O)O)CC2=O)c1. The maximum Gasteiger partial charge on any atom is 0.308 e. The van der Waals surface area contributed by atoms with Gasteiger partial charge in [0.05, 0.1) is 5.92 Å². The molecule has 1 N–H and O–H groups in total. The Morgan fingerprint density at radius 2 is 2.16 bits per heavy atom. The van der Waals surface area contributed by atoms with E-state index < -0.39 is 11.9 Å². The maximum absolute atomic E-state index is 11.7. The Bertz CT molecular complexity index is 510. The molecular weight excluding hydrogens is 242 g/mol. The lowest BCUT2D eigenvalue weighted by Gasteiger charge is -2.17. The molecule has 2 rings (SSSR count). The van der Waals surface area contributed by atoms with Gasteiger partial charge in [0, 0.05) is 19.5 Å². The molecule has 0 saturated carbocycles. The molecule has 0 bridgehead atoms. The number of carboxylic acid groups (broad SMARTS) is 1. The second kappa shape index (κ2) is 5.43. The number of aryl methyl sites for hydroxylation is 2. The zero-order valence-corrected chi connectivity index (χ0v) is 11.3. The molecule has 1 fully saturated rings. The molecule has 0 spiro atoms. The highest BCUT2D eigenvalue weighted by Crippen LogP contribution is 2.19. The van der Waals surface area contributed by atoms with Crippen LogP contribution in [0.25, 0.3) is 0 Å². The Kier molecular flexibility index (Phi) is 3.88. The van der Waals surface area contributed by atoms with Gasteiger partial charge in [0.2, 0.25) is 5.91 Å². The van der Waals surface area contributed by atoms with Gasteiger partial charge >= 0.3 is 5.97 Å². The molecule has 0 radical (unpaired) electrons. The van der Waals surface area contributed by atoms with E-state index >= 15 is 0 Å². The first-order valence-corrected chi connectivity index (χ1v) is 6.54. The van der Waals surface area contributed by atoms with Gasteiger partial charge in [-0.25, -0.2) is 0 Å². The molecule has 1 aliphatic rings. The molecule has 1 aromatic carbocycles. The number of hydrogen-bond acceptors (Lipinski definition) is 2. The second-order valence-corrected chi connectivity index (χ2v) is 5.26. The van der Waals surface area contributed by atoms with Crippen LogP contribution in [0.1, 0.15) is 23.1 Å². The van der Waals surface area contributed by atoms with Crippen LogP contribution in [-0.4, -0.2) is 35.0 Å². The molecule has 19 heavy (non-hydrogen) atoms. The zero-order valence-electron chi connectivity index (χ0n) is 11.3. The van der Waals surface area contributed by atoms with Crippen LogP contribution in [0, 0.1) is 19.8 Å². The molecule has 4 heteroatoms. The predicted molar refractivity (Wildman–Crippen MR) is 71.9 cm³/mol. The highest BCUT2D eigenvalue weighted by atomic mass is 16.4. The van der Waals surface area contributed by atoms with Crippen molar-refractivity contribution in [2.75, 3.05) is 13.1 Å². The van der Waals surface area contributed by atoms with Gasteiger partial charge in [-0.1, -0.05) is 23.8 Å². The van der Waals surface area contributed by atoms with Crippen LogP contribution in [0.5, 0.6) is 0 Å². The summed E-state index contributed by atoms with van der Waals surface area (Å²) in [6.07, 6.45) is 0.924. The number of rotatable bonds is 4. The Labute approximate surface area is 113 Å². The smallest absolute Gasteiger partial charge is 0.308 e. The summed E-state index contributed by atoms with van der Waals surface area (Å²) >= 11 is 0. The Hall–Kier alpha value is -1.84. The normalized spacial score (nSPS) is 18.9. The monoisotopic (exact) mass is 261 g/mol. The van der Waals surface area contributed by atoms with E-state index in [1.807, 2.05) is 6.92 Å². The number of carboxylic acids is 1. The fourth-order valence-corrected chi connectivity index (χ4v) is 2.48. The van der Waals surface area contributed by atoms with Crippen molar-refractivity contribution in [1.82, 2.24) is 4.90 Å². The summed E-state index contributed by atoms with van der Waals surface area (Å²) < 4.78 is 0. The minimum absolute atomic E-state index is 0.0438. The third-order valence-electron chi connectivity index (χ3n) is 3.72.